The van der Waals surface area contributed by atoms with Gasteiger partial charge in [0.25, 0.3) is 0 Å². The lowest BCUT2D eigenvalue weighted by molar-refractivity contribution is -0.142. The smallest absolute Gasteiger partial charge is 0.323 e. The highest BCUT2D eigenvalue weighted by Gasteiger charge is 2.24. The standard InChI is InChI=1S/C11H15FNO4P/c1-8(11(14)16-2)13-18(3,15)17-10-6-4-9(12)5-7-10/h4-8H,1-3H3,(H,13,15)/t8-,18?/m0/s1. The highest BCUT2D eigenvalue weighted by atomic mass is 31.2. The predicted octanol–water partition coefficient (Wildman–Crippen LogP) is 2.18. The van der Waals surface area contributed by atoms with Gasteiger partial charge in [0.2, 0.25) is 0 Å². The third-order valence-electron chi connectivity index (χ3n) is 2.08. The van der Waals surface area contributed by atoms with E-state index in [1.54, 1.807) is 0 Å². The zero-order chi connectivity index (χ0) is 13.8. The highest BCUT2D eigenvalue weighted by Crippen LogP contribution is 2.39. The molecule has 18 heavy (non-hydrogen) atoms. The molecule has 100 valence electrons. The lowest BCUT2D eigenvalue weighted by Gasteiger charge is -2.19. The Morgan fingerprint density at radius 3 is 2.44 bits per heavy atom. The molecule has 7 heteroatoms. The molecule has 0 radical (unpaired) electrons. The molecule has 0 saturated carbocycles. The molecule has 5 nitrogen and oxygen atoms in total. The van der Waals surface area contributed by atoms with Crippen LogP contribution in [-0.2, 0) is 14.1 Å². The first-order valence-electron chi connectivity index (χ1n) is 5.22. The topological polar surface area (TPSA) is 64.6 Å². The molecule has 2 atom stereocenters. The van der Waals surface area contributed by atoms with Gasteiger partial charge in [-0.2, -0.15) is 0 Å². The number of ether oxygens (including phenoxy) is 1. The van der Waals surface area contributed by atoms with Crippen molar-refractivity contribution in [3.8, 4) is 5.75 Å². The van der Waals surface area contributed by atoms with Crippen LogP contribution >= 0.6 is 7.52 Å². The molecule has 0 heterocycles. The van der Waals surface area contributed by atoms with Gasteiger partial charge in [-0.3, -0.25) is 9.36 Å². The number of esters is 1. The van der Waals surface area contributed by atoms with Crippen LogP contribution in [-0.4, -0.2) is 25.8 Å². The molecule has 0 aromatic heterocycles. The number of nitrogens with one attached hydrogen (secondary N) is 1. The zero-order valence-electron chi connectivity index (χ0n) is 10.3. The minimum Gasteiger partial charge on any atom is -0.468 e. The van der Waals surface area contributed by atoms with Crippen LogP contribution in [0.5, 0.6) is 5.75 Å². The van der Waals surface area contributed by atoms with Crippen LogP contribution in [0.15, 0.2) is 24.3 Å². The van der Waals surface area contributed by atoms with Gasteiger partial charge in [0.05, 0.1) is 7.11 Å². The van der Waals surface area contributed by atoms with E-state index in [2.05, 4.69) is 9.82 Å². The van der Waals surface area contributed by atoms with Gasteiger partial charge in [0.1, 0.15) is 17.6 Å². The van der Waals surface area contributed by atoms with E-state index in [9.17, 15) is 13.8 Å². The molecule has 0 aliphatic heterocycles. The molecule has 1 rings (SSSR count). The Hall–Kier alpha value is -1.39. The molecular weight excluding hydrogens is 260 g/mol. The van der Waals surface area contributed by atoms with Crippen LogP contribution in [0.4, 0.5) is 4.39 Å². The second-order valence-corrected chi connectivity index (χ2v) is 5.90. The van der Waals surface area contributed by atoms with Gasteiger partial charge in [0.15, 0.2) is 0 Å². The first kappa shape index (κ1) is 14.7. The normalized spacial score (nSPS) is 15.6. The number of carbonyl (C=O) groups is 1. The fourth-order valence-electron chi connectivity index (χ4n) is 1.30. The second kappa shape index (κ2) is 5.98. The Bertz CT molecular complexity index is 463. The summed E-state index contributed by atoms with van der Waals surface area (Å²) in [7, 11) is -1.99. The van der Waals surface area contributed by atoms with Crippen molar-refractivity contribution in [3.05, 3.63) is 30.1 Å². The number of halogens is 1. The van der Waals surface area contributed by atoms with Crippen LogP contribution in [0, 0.1) is 5.82 Å². The molecule has 1 unspecified atom stereocenters. The summed E-state index contributed by atoms with van der Waals surface area (Å²) in [5.41, 5.74) is 0. The summed E-state index contributed by atoms with van der Waals surface area (Å²) in [5, 5.41) is 2.54. The first-order valence-corrected chi connectivity index (χ1v) is 7.29. The average molecular weight is 275 g/mol. The maximum atomic E-state index is 12.7. The van der Waals surface area contributed by atoms with Crippen molar-refractivity contribution in [3.63, 3.8) is 0 Å². The highest BCUT2D eigenvalue weighted by molar-refractivity contribution is 7.56. The van der Waals surface area contributed by atoms with Crippen LogP contribution < -0.4 is 9.61 Å². The minimum absolute atomic E-state index is 0.256. The van der Waals surface area contributed by atoms with E-state index in [0.717, 1.165) is 0 Å². The Labute approximate surface area is 105 Å². The fourth-order valence-corrected chi connectivity index (χ4v) is 2.69. The lowest BCUT2D eigenvalue weighted by Crippen LogP contribution is -2.33. The van der Waals surface area contributed by atoms with Crippen molar-refractivity contribution in [2.75, 3.05) is 13.8 Å². The van der Waals surface area contributed by atoms with Crippen LogP contribution in [0.3, 0.4) is 0 Å². The number of rotatable bonds is 5. The maximum Gasteiger partial charge on any atom is 0.323 e. The zero-order valence-corrected chi connectivity index (χ0v) is 11.2. The number of hydrogen-bond acceptors (Lipinski definition) is 4. The van der Waals surface area contributed by atoms with Crippen molar-refractivity contribution in [1.29, 1.82) is 0 Å². The molecule has 1 N–H and O–H groups in total. The van der Waals surface area contributed by atoms with Crippen molar-refractivity contribution < 1.29 is 23.0 Å². The monoisotopic (exact) mass is 275 g/mol. The Morgan fingerprint density at radius 2 is 1.94 bits per heavy atom. The minimum atomic E-state index is -3.23. The number of hydrogen-bond donors (Lipinski definition) is 1. The summed E-state index contributed by atoms with van der Waals surface area (Å²) in [6.07, 6.45) is 0. The second-order valence-electron chi connectivity index (χ2n) is 3.77. The first-order chi connectivity index (χ1) is 8.34. The van der Waals surface area contributed by atoms with Gasteiger partial charge in [-0.05, 0) is 31.2 Å². The lowest BCUT2D eigenvalue weighted by atomic mass is 10.3. The van der Waals surface area contributed by atoms with Crippen LogP contribution in [0.2, 0.25) is 0 Å². The summed E-state index contributed by atoms with van der Waals surface area (Å²) in [6.45, 7) is 2.84. The van der Waals surface area contributed by atoms with Crippen molar-refractivity contribution >= 4 is 13.5 Å². The predicted molar refractivity (Wildman–Crippen MR) is 65.2 cm³/mol. The maximum absolute atomic E-state index is 12.7. The van der Waals surface area contributed by atoms with Gasteiger partial charge >= 0.3 is 13.5 Å². The molecule has 0 aliphatic carbocycles. The van der Waals surface area contributed by atoms with Gasteiger partial charge in [0, 0.05) is 6.66 Å². The quantitative estimate of drug-likeness (QED) is 0.659. The Balaban J connectivity index is 2.67. The van der Waals surface area contributed by atoms with Crippen molar-refractivity contribution in [2.45, 2.75) is 13.0 Å². The average Bonchev–Trinajstić information content (AvgIpc) is 2.30. The molecule has 0 aliphatic rings. The summed E-state index contributed by atoms with van der Waals surface area (Å²) < 4.78 is 34.4. The molecule has 0 bridgehead atoms. The van der Waals surface area contributed by atoms with E-state index >= 15 is 0 Å². The van der Waals surface area contributed by atoms with E-state index in [1.165, 1.54) is 45.0 Å². The molecule has 0 fully saturated rings. The third-order valence-corrected chi connectivity index (χ3v) is 3.49. The van der Waals surface area contributed by atoms with Crippen molar-refractivity contribution in [2.24, 2.45) is 0 Å². The van der Waals surface area contributed by atoms with Gasteiger partial charge in [-0.25, -0.2) is 9.48 Å². The van der Waals surface area contributed by atoms with E-state index in [1.807, 2.05) is 0 Å². The van der Waals surface area contributed by atoms with E-state index in [4.69, 9.17) is 4.52 Å². The Morgan fingerprint density at radius 1 is 1.39 bits per heavy atom. The van der Waals surface area contributed by atoms with Gasteiger partial charge < -0.3 is 9.26 Å². The van der Waals surface area contributed by atoms with E-state index in [0.29, 0.717) is 0 Å². The molecule has 0 spiro atoms. The van der Waals surface area contributed by atoms with Crippen molar-refractivity contribution in [1.82, 2.24) is 5.09 Å². The summed E-state index contributed by atoms with van der Waals surface area (Å²) in [6, 6.07) is 4.34. The molecule has 1 aromatic carbocycles. The Kier molecular flexibility index (Phi) is 4.87. The third kappa shape index (κ3) is 4.47. The molecule has 1 aromatic rings. The van der Waals surface area contributed by atoms with Gasteiger partial charge in [-0.1, -0.05) is 0 Å². The number of carbonyl (C=O) groups excluding carboxylic acids is 1. The van der Waals surface area contributed by atoms with E-state index < -0.39 is 25.3 Å². The molecular formula is C11H15FNO4P. The van der Waals surface area contributed by atoms with Gasteiger partial charge in [-0.15, -0.1) is 0 Å². The number of methoxy groups -OCH3 is 1. The largest absolute Gasteiger partial charge is 0.468 e. The number of benzene rings is 1. The SMILES string of the molecule is COC(=O)[C@H](C)NP(C)(=O)Oc1ccc(F)cc1. The van der Waals surface area contributed by atoms with E-state index in [-0.39, 0.29) is 5.75 Å². The fraction of sp³-hybridized carbons (Fsp3) is 0.364. The van der Waals surface area contributed by atoms with Crippen LogP contribution in [0.25, 0.3) is 0 Å². The summed E-state index contributed by atoms with van der Waals surface area (Å²) in [5.74, 6) is -0.698. The summed E-state index contributed by atoms with van der Waals surface area (Å²) in [4.78, 5) is 11.2. The molecule has 0 amide bonds. The molecule has 0 saturated heterocycles. The summed E-state index contributed by atoms with van der Waals surface area (Å²) >= 11 is 0. The van der Waals surface area contributed by atoms with Crippen LogP contribution in [0.1, 0.15) is 6.92 Å².